The predicted octanol–water partition coefficient (Wildman–Crippen LogP) is 2.41. The molecule has 0 aromatic heterocycles. The third-order valence-electron chi connectivity index (χ3n) is 3.92. The first-order valence-electron chi connectivity index (χ1n) is 7.31. The van der Waals surface area contributed by atoms with Gasteiger partial charge >= 0.3 is 10.3 Å². The molecule has 1 fully saturated rings. The molecule has 1 rings (SSSR count). The first-order chi connectivity index (χ1) is 9.48. The molecular weight excluding hydrogens is 306 g/mol. The lowest BCUT2D eigenvalue weighted by Crippen LogP contribution is -2.56. The van der Waals surface area contributed by atoms with Crippen LogP contribution in [0.25, 0.3) is 0 Å². The van der Waals surface area contributed by atoms with Crippen LogP contribution in [-0.4, -0.2) is 35.5 Å². The molecule has 0 aromatic rings. The molecule has 0 aliphatic carbocycles. The van der Waals surface area contributed by atoms with E-state index in [4.69, 9.17) is 8.61 Å². The summed E-state index contributed by atoms with van der Waals surface area (Å²) in [5, 5.41) is 0.0463. The maximum absolute atomic E-state index is 11.6. The van der Waals surface area contributed by atoms with Gasteiger partial charge in [-0.15, -0.1) is 5.92 Å². The molecule has 0 amide bonds. The monoisotopic (exact) mass is 333 g/mol. The van der Waals surface area contributed by atoms with Gasteiger partial charge in [0.05, 0.1) is 12.7 Å². The fraction of sp³-hybridized carbons (Fsp3) is 0.857. The summed E-state index contributed by atoms with van der Waals surface area (Å²) in [5.41, 5.74) is 0. The zero-order valence-corrected chi connectivity index (χ0v) is 15.6. The van der Waals surface area contributed by atoms with E-state index in [1.165, 1.54) is 0 Å². The van der Waals surface area contributed by atoms with Gasteiger partial charge in [0, 0.05) is 6.42 Å². The van der Waals surface area contributed by atoms with Gasteiger partial charge in [-0.3, -0.25) is 4.18 Å². The summed E-state index contributed by atoms with van der Waals surface area (Å²) in [7, 11) is -5.72. The third kappa shape index (κ3) is 5.38. The van der Waals surface area contributed by atoms with Gasteiger partial charge in [-0.1, -0.05) is 33.6 Å². The van der Waals surface area contributed by atoms with Crippen LogP contribution in [0.15, 0.2) is 0 Å². The largest absolute Gasteiger partial charge is 0.409 e. The molecule has 0 unspecified atom stereocenters. The van der Waals surface area contributed by atoms with E-state index in [2.05, 4.69) is 50.4 Å². The molecule has 1 N–H and O–H groups in total. The van der Waals surface area contributed by atoms with E-state index in [1.807, 2.05) is 6.92 Å². The van der Waals surface area contributed by atoms with E-state index < -0.39 is 24.7 Å². The number of unbranched alkanes of at least 4 members (excludes halogenated alkanes) is 1. The Morgan fingerprint density at radius 2 is 2.00 bits per heavy atom. The van der Waals surface area contributed by atoms with Crippen LogP contribution in [0.1, 0.15) is 40.5 Å². The minimum absolute atomic E-state index is 0.0211. The van der Waals surface area contributed by atoms with Crippen molar-refractivity contribution in [1.82, 2.24) is 4.72 Å². The minimum Gasteiger partial charge on any atom is -0.409 e. The first kappa shape index (κ1) is 18.7. The van der Waals surface area contributed by atoms with Gasteiger partial charge in [-0.05, 0) is 24.6 Å². The zero-order valence-electron chi connectivity index (χ0n) is 13.8. The molecule has 1 saturated heterocycles. The lowest BCUT2D eigenvalue weighted by atomic mass is 10.2. The van der Waals surface area contributed by atoms with Crippen LogP contribution in [0.4, 0.5) is 0 Å². The molecule has 1 aliphatic heterocycles. The van der Waals surface area contributed by atoms with Crippen LogP contribution in [0, 0.1) is 11.8 Å². The van der Waals surface area contributed by atoms with Crippen molar-refractivity contribution in [2.75, 3.05) is 6.61 Å². The Morgan fingerprint density at radius 1 is 1.38 bits per heavy atom. The van der Waals surface area contributed by atoms with Crippen molar-refractivity contribution in [1.29, 1.82) is 0 Å². The van der Waals surface area contributed by atoms with Crippen molar-refractivity contribution in [3.05, 3.63) is 0 Å². The van der Waals surface area contributed by atoms with Gasteiger partial charge in [0.25, 0.3) is 0 Å². The second-order valence-electron chi connectivity index (χ2n) is 6.82. The molecule has 122 valence electrons. The Bertz CT molecular complexity index is 513. The Kier molecular flexibility index (Phi) is 6.04. The summed E-state index contributed by atoms with van der Waals surface area (Å²) in [4.78, 5) is 0. The fourth-order valence-corrected chi connectivity index (χ4v) is 3.82. The summed E-state index contributed by atoms with van der Waals surface area (Å²) in [6.07, 6.45) is 1.32. The SMILES string of the molecule is CCCC#C[C@H]1NS(=O)(=O)OC[C@H]1O[Si](C)(C)C(C)(C)C. The lowest BCUT2D eigenvalue weighted by molar-refractivity contribution is 0.0867. The number of rotatable bonds is 3. The summed E-state index contributed by atoms with van der Waals surface area (Å²) < 4.78 is 36.7. The highest BCUT2D eigenvalue weighted by atomic mass is 32.2. The van der Waals surface area contributed by atoms with Crippen LogP contribution in [0.3, 0.4) is 0 Å². The molecule has 0 saturated carbocycles. The zero-order chi connectivity index (χ0) is 16.3. The van der Waals surface area contributed by atoms with Crippen molar-refractivity contribution >= 4 is 18.6 Å². The van der Waals surface area contributed by atoms with Gasteiger partial charge < -0.3 is 4.43 Å². The molecule has 0 radical (unpaired) electrons. The molecule has 21 heavy (non-hydrogen) atoms. The van der Waals surface area contributed by atoms with E-state index in [0.717, 1.165) is 12.8 Å². The molecule has 2 atom stereocenters. The number of nitrogens with one attached hydrogen (secondary N) is 1. The standard InChI is InChI=1S/C14H27NO4SSi/c1-7-8-9-10-12-13(11-18-20(16,17)15-12)19-21(5,6)14(2,3)4/h12-13,15H,7-8,11H2,1-6H3/t12-,13-/m1/s1. The molecule has 1 heterocycles. The quantitative estimate of drug-likeness (QED) is 0.636. The molecule has 0 aromatic carbocycles. The Morgan fingerprint density at radius 3 is 2.52 bits per heavy atom. The van der Waals surface area contributed by atoms with Crippen molar-refractivity contribution in [2.45, 2.75) is 70.8 Å². The normalized spacial score (nSPS) is 26.0. The highest BCUT2D eigenvalue weighted by Crippen LogP contribution is 2.38. The second kappa shape index (κ2) is 6.80. The Hall–Kier alpha value is -0.393. The van der Waals surface area contributed by atoms with Gasteiger partial charge in [-0.25, -0.2) is 0 Å². The van der Waals surface area contributed by atoms with Gasteiger partial charge in [-0.2, -0.15) is 13.1 Å². The molecule has 0 spiro atoms. The average molecular weight is 334 g/mol. The van der Waals surface area contributed by atoms with E-state index in [9.17, 15) is 8.42 Å². The van der Waals surface area contributed by atoms with Crippen LogP contribution in [-0.2, 0) is 18.9 Å². The Balaban J connectivity index is 2.91. The molecule has 1 aliphatic rings. The second-order valence-corrected chi connectivity index (χ2v) is 13.0. The van der Waals surface area contributed by atoms with E-state index >= 15 is 0 Å². The van der Waals surface area contributed by atoms with Crippen LogP contribution in [0.2, 0.25) is 18.1 Å². The molecule has 5 nitrogen and oxygen atoms in total. The Labute approximate surface area is 130 Å². The van der Waals surface area contributed by atoms with Crippen molar-refractivity contribution in [3.63, 3.8) is 0 Å². The van der Waals surface area contributed by atoms with Crippen LogP contribution >= 0.6 is 0 Å². The summed E-state index contributed by atoms with van der Waals surface area (Å²) in [6, 6.07) is -0.538. The highest BCUT2D eigenvalue weighted by Gasteiger charge is 2.43. The van der Waals surface area contributed by atoms with Gasteiger partial charge in [0.15, 0.2) is 8.32 Å². The maximum Gasteiger partial charge on any atom is 0.337 e. The van der Waals surface area contributed by atoms with Crippen molar-refractivity contribution < 1.29 is 17.0 Å². The maximum atomic E-state index is 11.6. The van der Waals surface area contributed by atoms with E-state index in [-0.39, 0.29) is 17.7 Å². The van der Waals surface area contributed by atoms with Gasteiger partial charge in [0.1, 0.15) is 6.04 Å². The summed E-state index contributed by atoms with van der Waals surface area (Å²) >= 11 is 0. The minimum atomic E-state index is -3.71. The van der Waals surface area contributed by atoms with Crippen LogP contribution < -0.4 is 4.72 Å². The van der Waals surface area contributed by atoms with E-state index in [0.29, 0.717) is 0 Å². The average Bonchev–Trinajstić information content (AvgIpc) is 2.31. The van der Waals surface area contributed by atoms with E-state index in [1.54, 1.807) is 0 Å². The first-order valence-corrected chi connectivity index (χ1v) is 11.6. The van der Waals surface area contributed by atoms with Crippen molar-refractivity contribution in [2.24, 2.45) is 0 Å². The fourth-order valence-electron chi connectivity index (χ4n) is 1.61. The topological polar surface area (TPSA) is 64.6 Å². The third-order valence-corrected chi connectivity index (χ3v) is 9.41. The summed E-state index contributed by atoms with van der Waals surface area (Å²) in [5.74, 6) is 5.98. The number of hydrogen-bond acceptors (Lipinski definition) is 4. The highest BCUT2D eigenvalue weighted by molar-refractivity contribution is 7.84. The lowest BCUT2D eigenvalue weighted by Gasteiger charge is -2.41. The van der Waals surface area contributed by atoms with Gasteiger partial charge in [0.2, 0.25) is 0 Å². The smallest absolute Gasteiger partial charge is 0.337 e. The molecule has 7 heteroatoms. The summed E-state index contributed by atoms with van der Waals surface area (Å²) in [6.45, 7) is 12.7. The predicted molar refractivity (Wildman–Crippen MR) is 86.5 cm³/mol. The molecule has 0 bridgehead atoms. The number of hydrogen-bond donors (Lipinski definition) is 1. The van der Waals surface area contributed by atoms with Crippen LogP contribution in [0.5, 0.6) is 0 Å². The van der Waals surface area contributed by atoms with Crippen molar-refractivity contribution in [3.8, 4) is 11.8 Å². The molecular formula is C14H27NO4SSi.